The zero-order valence-corrected chi connectivity index (χ0v) is 9.39. The Morgan fingerprint density at radius 1 is 1.20 bits per heavy atom. The third kappa shape index (κ3) is 4.80. The summed E-state index contributed by atoms with van der Waals surface area (Å²) < 4.78 is 0. The molecule has 15 heavy (non-hydrogen) atoms. The van der Waals surface area contributed by atoms with Crippen molar-refractivity contribution < 1.29 is 5.11 Å². The number of allylic oxidation sites excluding steroid dienone is 1. The van der Waals surface area contributed by atoms with Crippen molar-refractivity contribution in [2.24, 2.45) is 0 Å². The first-order valence-electron chi connectivity index (χ1n) is 5.72. The summed E-state index contributed by atoms with van der Waals surface area (Å²) in [6.45, 7) is 2.19. The second kappa shape index (κ2) is 7.24. The largest absolute Gasteiger partial charge is 0.388 e. The normalized spacial score (nSPS) is 13.2. The van der Waals surface area contributed by atoms with Crippen molar-refractivity contribution in [3.05, 3.63) is 48.0 Å². The molecule has 1 aromatic rings. The molecule has 0 amide bonds. The van der Waals surface area contributed by atoms with Crippen LogP contribution in [0.3, 0.4) is 0 Å². The summed E-state index contributed by atoms with van der Waals surface area (Å²) in [7, 11) is 0. The van der Waals surface area contributed by atoms with Crippen LogP contribution in [-0.2, 0) is 0 Å². The molecule has 0 heterocycles. The van der Waals surface area contributed by atoms with E-state index in [4.69, 9.17) is 0 Å². The van der Waals surface area contributed by atoms with Crippen molar-refractivity contribution in [3.63, 3.8) is 0 Å². The molecule has 1 heteroatoms. The van der Waals surface area contributed by atoms with Crippen LogP contribution >= 0.6 is 0 Å². The summed E-state index contributed by atoms with van der Waals surface area (Å²) in [6.07, 6.45) is 8.18. The van der Waals surface area contributed by atoms with Crippen molar-refractivity contribution >= 4 is 0 Å². The van der Waals surface area contributed by atoms with Gasteiger partial charge >= 0.3 is 0 Å². The van der Waals surface area contributed by atoms with Gasteiger partial charge in [-0.2, -0.15) is 0 Å². The summed E-state index contributed by atoms with van der Waals surface area (Å²) in [6, 6.07) is 9.81. The molecule has 0 bridgehead atoms. The minimum atomic E-state index is -0.357. The van der Waals surface area contributed by atoms with Crippen LogP contribution in [0.5, 0.6) is 0 Å². The second-order valence-corrected chi connectivity index (χ2v) is 3.78. The predicted molar refractivity (Wildman–Crippen MR) is 64.7 cm³/mol. The van der Waals surface area contributed by atoms with Crippen LogP contribution in [0.2, 0.25) is 0 Å². The average molecular weight is 204 g/mol. The first kappa shape index (κ1) is 12.0. The van der Waals surface area contributed by atoms with Crippen LogP contribution in [0, 0.1) is 0 Å². The summed E-state index contributed by atoms with van der Waals surface area (Å²) in [4.78, 5) is 0. The molecule has 0 unspecified atom stereocenters. The molecule has 0 spiro atoms. The van der Waals surface area contributed by atoms with Gasteiger partial charge in [-0.05, 0) is 18.4 Å². The Balaban J connectivity index is 2.30. The number of unbranched alkanes of at least 4 members (excludes halogenated alkanes) is 2. The monoisotopic (exact) mass is 204 g/mol. The van der Waals surface area contributed by atoms with E-state index in [1.54, 1.807) is 0 Å². The third-order valence-corrected chi connectivity index (χ3v) is 2.43. The quantitative estimate of drug-likeness (QED) is 0.551. The van der Waals surface area contributed by atoms with E-state index in [-0.39, 0.29) is 6.10 Å². The van der Waals surface area contributed by atoms with Crippen LogP contribution < -0.4 is 0 Å². The Bertz CT molecular complexity index is 277. The van der Waals surface area contributed by atoms with Crippen LogP contribution in [0.1, 0.15) is 44.3 Å². The number of aliphatic hydroxyl groups excluding tert-OH is 1. The zero-order chi connectivity index (χ0) is 10.9. The van der Waals surface area contributed by atoms with Gasteiger partial charge in [-0.1, -0.05) is 62.2 Å². The topological polar surface area (TPSA) is 20.2 Å². The highest BCUT2D eigenvalue weighted by Crippen LogP contribution is 2.16. The molecule has 0 saturated carbocycles. The third-order valence-electron chi connectivity index (χ3n) is 2.43. The Morgan fingerprint density at radius 3 is 2.60 bits per heavy atom. The van der Waals surface area contributed by atoms with Gasteiger partial charge in [0.25, 0.3) is 0 Å². The van der Waals surface area contributed by atoms with Gasteiger partial charge in [-0.25, -0.2) is 0 Å². The molecule has 1 rings (SSSR count). The molecule has 0 radical (unpaired) electrons. The Morgan fingerprint density at radius 2 is 1.93 bits per heavy atom. The highest BCUT2D eigenvalue weighted by molar-refractivity contribution is 5.17. The van der Waals surface area contributed by atoms with Crippen LogP contribution in [0.15, 0.2) is 42.5 Å². The Kier molecular flexibility index (Phi) is 5.79. The Labute approximate surface area is 92.5 Å². The highest BCUT2D eigenvalue weighted by Gasteiger charge is 2.02. The number of rotatable bonds is 6. The van der Waals surface area contributed by atoms with Gasteiger partial charge in [0, 0.05) is 0 Å². The van der Waals surface area contributed by atoms with Gasteiger partial charge < -0.3 is 5.11 Å². The maximum absolute atomic E-state index is 9.83. The highest BCUT2D eigenvalue weighted by atomic mass is 16.3. The van der Waals surface area contributed by atoms with Gasteiger partial charge in [-0.15, -0.1) is 0 Å². The van der Waals surface area contributed by atoms with E-state index in [0.29, 0.717) is 6.42 Å². The van der Waals surface area contributed by atoms with Crippen molar-refractivity contribution in [1.29, 1.82) is 0 Å². The molecule has 0 fully saturated rings. The minimum Gasteiger partial charge on any atom is -0.388 e. The zero-order valence-electron chi connectivity index (χ0n) is 9.39. The van der Waals surface area contributed by atoms with E-state index in [0.717, 1.165) is 12.0 Å². The Hall–Kier alpha value is -1.08. The fourth-order valence-electron chi connectivity index (χ4n) is 1.48. The molecule has 0 aliphatic heterocycles. The molecular formula is C14H20O. The molecule has 1 nitrogen and oxygen atoms in total. The van der Waals surface area contributed by atoms with Gasteiger partial charge in [0.2, 0.25) is 0 Å². The van der Waals surface area contributed by atoms with Crippen molar-refractivity contribution in [3.8, 4) is 0 Å². The molecule has 1 aromatic carbocycles. The number of aliphatic hydroxyl groups is 1. The number of hydrogen-bond acceptors (Lipinski definition) is 1. The van der Waals surface area contributed by atoms with Gasteiger partial charge in [0.1, 0.15) is 0 Å². The fraction of sp³-hybridized carbons (Fsp3) is 0.429. The van der Waals surface area contributed by atoms with E-state index in [2.05, 4.69) is 19.1 Å². The SMILES string of the molecule is CCCC/C=C/C[C@@H](O)c1ccccc1. The van der Waals surface area contributed by atoms with Gasteiger partial charge in [-0.3, -0.25) is 0 Å². The van der Waals surface area contributed by atoms with Crippen molar-refractivity contribution in [2.45, 2.75) is 38.7 Å². The minimum absolute atomic E-state index is 0.357. The smallest absolute Gasteiger partial charge is 0.0824 e. The lowest BCUT2D eigenvalue weighted by molar-refractivity contribution is 0.181. The second-order valence-electron chi connectivity index (χ2n) is 3.78. The fourth-order valence-corrected chi connectivity index (χ4v) is 1.48. The van der Waals surface area contributed by atoms with E-state index >= 15 is 0 Å². The summed E-state index contributed by atoms with van der Waals surface area (Å²) in [5, 5.41) is 9.83. The standard InChI is InChI=1S/C14H20O/c1-2-3-4-5-9-12-14(15)13-10-7-6-8-11-13/h5-11,14-15H,2-4,12H2,1H3/b9-5+/t14-/m1/s1. The van der Waals surface area contributed by atoms with Crippen LogP contribution in [0.4, 0.5) is 0 Å². The lowest BCUT2D eigenvalue weighted by Gasteiger charge is -2.07. The molecule has 0 aliphatic carbocycles. The summed E-state index contributed by atoms with van der Waals surface area (Å²) in [5.41, 5.74) is 0.998. The molecule has 1 atom stereocenters. The lowest BCUT2D eigenvalue weighted by Crippen LogP contribution is -1.94. The molecular weight excluding hydrogens is 184 g/mol. The average Bonchev–Trinajstić information content (AvgIpc) is 2.30. The lowest BCUT2D eigenvalue weighted by atomic mass is 10.1. The van der Waals surface area contributed by atoms with Crippen molar-refractivity contribution in [1.82, 2.24) is 0 Å². The molecule has 0 aliphatic rings. The molecule has 0 aromatic heterocycles. The predicted octanol–water partition coefficient (Wildman–Crippen LogP) is 3.86. The van der Waals surface area contributed by atoms with E-state index in [1.165, 1.54) is 12.8 Å². The maximum Gasteiger partial charge on any atom is 0.0824 e. The van der Waals surface area contributed by atoms with E-state index in [1.807, 2.05) is 30.3 Å². The number of hydrogen-bond donors (Lipinski definition) is 1. The first-order valence-corrected chi connectivity index (χ1v) is 5.72. The first-order chi connectivity index (χ1) is 7.34. The van der Waals surface area contributed by atoms with Gasteiger partial charge in [0.05, 0.1) is 6.10 Å². The van der Waals surface area contributed by atoms with Crippen LogP contribution in [0.25, 0.3) is 0 Å². The maximum atomic E-state index is 9.83. The number of benzene rings is 1. The molecule has 1 N–H and O–H groups in total. The summed E-state index contributed by atoms with van der Waals surface area (Å²) >= 11 is 0. The molecule has 82 valence electrons. The van der Waals surface area contributed by atoms with Gasteiger partial charge in [0.15, 0.2) is 0 Å². The van der Waals surface area contributed by atoms with E-state index in [9.17, 15) is 5.11 Å². The molecule has 0 saturated heterocycles. The summed E-state index contributed by atoms with van der Waals surface area (Å²) in [5.74, 6) is 0. The van der Waals surface area contributed by atoms with Crippen LogP contribution in [-0.4, -0.2) is 5.11 Å². The van der Waals surface area contributed by atoms with E-state index < -0.39 is 0 Å². The van der Waals surface area contributed by atoms with Crippen molar-refractivity contribution in [2.75, 3.05) is 0 Å².